The minimum atomic E-state index is -0.437. The summed E-state index contributed by atoms with van der Waals surface area (Å²) in [4.78, 5) is 25.5. The number of nitrogens with zero attached hydrogens (tertiary/aromatic N) is 1. The highest BCUT2D eigenvalue weighted by Crippen LogP contribution is 2.34. The van der Waals surface area contributed by atoms with E-state index in [0.717, 1.165) is 22.1 Å². The molecule has 2 rings (SSSR count). The Kier molecular flexibility index (Phi) is 4.37. The van der Waals surface area contributed by atoms with Crippen LogP contribution in [-0.4, -0.2) is 31.4 Å². The zero-order valence-corrected chi connectivity index (χ0v) is 12.6. The number of carbonyl (C=O) groups excluding carboxylic acids is 2. The fraction of sp³-hybridized carbons (Fsp3) is 0.429. The molecule has 0 saturated carbocycles. The van der Waals surface area contributed by atoms with Crippen LogP contribution in [0.5, 0.6) is 0 Å². The van der Waals surface area contributed by atoms with Crippen LogP contribution < -0.4 is 4.90 Å². The molecule has 1 aliphatic heterocycles. The van der Waals surface area contributed by atoms with E-state index in [1.165, 1.54) is 0 Å². The summed E-state index contributed by atoms with van der Waals surface area (Å²) in [6, 6.07) is 3.63. The molecule has 0 atom stereocenters. The number of halogens is 1. The molecular formula is C14H16BrNO3. The number of amides is 1. The van der Waals surface area contributed by atoms with Crippen LogP contribution in [0.25, 0.3) is 0 Å². The number of hydrogen-bond donors (Lipinski definition) is 0. The van der Waals surface area contributed by atoms with Crippen molar-refractivity contribution in [2.24, 2.45) is 0 Å². The smallest absolute Gasteiger partial charge is 0.299 e. The van der Waals surface area contributed by atoms with Crippen molar-refractivity contribution >= 4 is 33.3 Å². The number of carbonyl (C=O) groups is 2. The molecule has 1 aliphatic rings. The van der Waals surface area contributed by atoms with E-state index in [-0.39, 0.29) is 0 Å². The van der Waals surface area contributed by atoms with Crippen molar-refractivity contribution in [3.8, 4) is 0 Å². The lowest BCUT2D eigenvalue weighted by Gasteiger charge is -2.18. The van der Waals surface area contributed by atoms with Crippen LogP contribution in [0.15, 0.2) is 16.6 Å². The van der Waals surface area contributed by atoms with Crippen LogP contribution >= 0.6 is 15.9 Å². The van der Waals surface area contributed by atoms with Gasteiger partial charge in [-0.2, -0.15) is 0 Å². The van der Waals surface area contributed by atoms with E-state index in [0.29, 0.717) is 25.3 Å². The number of benzene rings is 1. The highest BCUT2D eigenvalue weighted by molar-refractivity contribution is 9.10. The van der Waals surface area contributed by atoms with Crippen LogP contribution in [0, 0.1) is 6.92 Å². The normalized spacial score (nSPS) is 14.2. The van der Waals surface area contributed by atoms with Crippen molar-refractivity contribution < 1.29 is 14.3 Å². The number of rotatable bonds is 5. The Balaban J connectivity index is 2.23. The molecule has 0 aliphatic carbocycles. The summed E-state index contributed by atoms with van der Waals surface area (Å²) in [5.74, 6) is -0.858. The molecule has 1 amide bonds. The Morgan fingerprint density at radius 2 is 2.05 bits per heavy atom. The zero-order chi connectivity index (χ0) is 14.0. The molecule has 5 heteroatoms. The summed E-state index contributed by atoms with van der Waals surface area (Å²) in [6.07, 6.45) is 0.724. The summed E-state index contributed by atoms with van der Waals surface area (Å²) in [5, 5.41) is 0. The lowest BCUT2D eigenvalue weighted by Crippen LogP contribution is -2.31. The first kappa shape index (κ1) is 14.2. The molecule has 1 aromatic rings. The molecule has 0 unspecified atom stereocenters. The Hall–Kier alpha value is -1.20. The first-order chi connectivity index (χ1) is 9.06. The molecule has 0 saturated heterocycles. The van der Waals surface area contributed by atoms with Gasteiger partial charge in [0.2, 0.25) is 0 Å². The van der Waals surface area contributed by atoms with Crippen LogP contribution in [0.3, 0.4) is 0 Å². The minimum Gasteiger partial charge on any atom is -0.382 e. The maximum Gasteiger partial charge on any atom is 0.299 e. The average molecular weight is 326 g/mol. The summed E-state index contributed by atoms with van der Waals surface area (Å²) in [5.41, 5.74) is 2.17. The fourth-order valence-electron chi connectivity index (χ4n) is 2.29. The first-order valence-electron chi connectivity index (χ1n) is 6.30. The third-order valence-corrected chi connectivity index (χ3v) is 3.55. The predicted molar refractivity (Wildman–Crippen MR) is 76.7 cm³/mol. The van der Waals surface area contributed by atoms with Crippen molar-refractivity contribution in [2.45, 2.75) is 20.3 Å². The largest absolute Gasteiger partial charge is 0.382 e. The molecule has 0 spiro atoms. The fourth-order valence-corrected chi connectivity index (χ4v) is 2.86. The second-order valence-corrected chi connectivity index (χ2v) is 5.37. The lowest BCUT2D eigenvalue weighted by molar-refractivity contribution is -0.114. The van der Waals surface area contributed by atoms with Gasteiger partial charge < -0.3 is 9.64 Å². The SMILES string of the molecule is CCOCCCN1C(=O)C(=O)c2cc(Br)cc(C)c21. The number of ketones is 1. The number of aryl methyl sites for hydroxylation is 1. The summed E-state index contributed by atoms with van der Waals surface area (Å²) >= 11 is 3.35. The molecule has 1 heterocycles. The monoisotopic (exact) mass is 325 g/mol. The van der Waals surface area contributed by atoms with Gasteiger partial charge in [0.1, 0.15) is 0 Å². The van der Waals surface area contributed by atoms with Gasteiger partial charge in [0, 0.05) is 24.2 Å². The zero-order valence-electron chi connectivity index (χ0n) is 11.0. The minimum absolute atomic E-state index is 0.421. The third kappa shape index (κ3) is 2.72. The number of fused-ring (bicyclic) bond motifs is 1. The lowest BCUT2D eigenvalue weighted by atomic mass is 10.1. The standard InChI is InChI=1S/C14H16BrNO3/c1-3-19-6-4-5-16-12-9(2)7-10(15)8-11(12)13(17)14(16)18/h7-8H,3-6H2,1-2H3. The molecule has 19 heavy (non-hydrogen) atoms. The van der Waals surface area contributed by atoms with Gasteiger partial charge in [-0.15, -0.1) is 0 Å². The molecule has 0 fully saturated rings. The molecule has 0 bridgehead atoms. The Labute approximate surface area is 120 Å². The second-order valence-electron chi connectivity index (χ2n) is 4.46. The highest BCUT2D eigenvalue weighted by Gasteiger charge is 2.36. The summed E-state index contributed by atoms with van der Waals surface area (Å²) < 4.78 is 6.08. The van der Waals surface area contributed by atoms with Crippen molar-refractivity contribution in [1.29, 1.82) is 0 Å². The van der Waals surface area contributed by atoms with E-state index in [2.05, 4.69) is 15.9 Å². The number of Topliss-reactive ketones (excluding diaryl/α,β-unsaturated/α-hetero) is 1. The van der Waals surface area contributed by atoms with Gasteiger partial charge in [-0.05, 0) is 38.0 Å². The summed E-state index contributed by atoms with van der Waals surface area (Å²) in [7, 11) is 0. The number of hydrogen-bond acceptors (Lipinski definition) is 3. The Bertz CT molecular complexity index is 528. The topological polar surface area (TPSA) is 46.6 Å². The molecule has 1 aromatic carbocycles. The third-order valence-electron chi connectivity index (χ3n) is 3.09. The molecular weight excluding hydrogens is 310 g/mol. The molecule has 102 valence electrons. The Morgan fingerprint density at radius 1 is 1.32 bits per heavy atom. The van der Waals surface area contributed by atoms with Gasteiger partial charge in [0.15, 0.2) is 0 Å². The van der Waals surface area contributed by atoms with Crippen LogP contribution in [0.1, 0.15) is 29.3 Å². The quantitative estimate of drug-likeness (QED) is 0.617. The van der Waals surface area contributed by atoms with Crippen molar-refractivity contribution in [2.75, 3.05) is 24.7 Å². The van der Waals surface area contributed by atoms with E-state index < -0.39 is 11.7 Å². The van der Waals surface area contributed by atoms with E-state index in [1.807, 2.05) is 19.9 Å². The average Bonchev–Trinajstić information content (AvgIpc) is 2.60. The highest BCUT2D eigenvalue weighted by atomic mass is 79.9. The molecule has 4 nitrogen and oxygen atoms in total. The van der Waals surface area contributed by atoms with Gasteiger partial charge in [-0.3, -0.25) is 9.59 Å². The predicted octanol–water partition coefficient (Wildman–Crippen LogP) is 2.71. The van der Waals surface area contributed by atoms with Gasteiger partial charge >= 0.3 is 0 Å². The molecule has 0 N–H and O–H groups in total. The van der Waals surface area contributed by atoms with Crippen LogP contribution in [-0.2, 0) is 9.53 Å². The Morgan fingerprint density at radius 3 is 2.74 bits per heavy atom. The van der Waals surface area contributed by atoms with Gasteiger partial charge in [0.05, 0.1) is 11.3 Å². The summed E-state index contributed by atoms with van der Waals surface area (Å²) in [6.45, 7) is 5.61. The maximum atomic E-state index is 12.0. The van der Waals surface area contributed by atoms with Crippen molar-refractivity contribution in [3.63, 3.8) is 0 Å². The number of anilines is 1. The van der Waals surface area contributed by atoms with Gasteiger partial charge in [-0.25, -0.2) is 0 Å². The van der Waals surface area contributed by atoms with Crippen molar-refractivity contribution in [1.82, 2.24) is 0 Å². The molecule has 0 radical (unpaired) electrons. The van der Waals surface area contributed by atoms with Crippen LogP contribution in [0.2, 0.25) is 0 Å². The van der Waals surface area contributed by atoms with Crippen molar-refractivity contribution in [3.05, 3.63) is 27.7 Å². The van der Waals surface area contributed by atoms with E-state index in [4.69, 9.17) is 4.74 Å². The van der Waals surface area contributed by atoms with Gasteiger partial charge in [0.25, 0.3) is 11.7 Å². The van der Waals surface area contributed by atoms with Gasteiger partial charge in [-0.1, -0.05) is 15.9 Å². The van der Waals surface area contributed by atoms with E-state index in [1.54, 1.807) is 11.0 Å². The van der Waals surface area contributed by atoms with E-state index >= 15 is 0 Å². The van der Waals surface area contributed by atoms with Crippen LogP contribution in [0.4, 0.5) is 5.69 Å². The first-order valence-corrected chi connectivity index (χ1v) is 7.09. The number of ether oxygens (including phenoxy) is 1. The second kappa shape index (κ2) is 5.84. The molecule has 0 aromatic heterocycles. The van der Waals surface area contributed by atoms with E-state index in [9.17, 15) is 9.59 Å². The maximum absolute atomic E-state index is 12.0.